The van der Waals surface area contributed by atoms with E-state index < -0.39 is 0 Å². The van der Waals surface area contributed by atoms with Crippen LogP contribution in [0.4, 0.5) is 5.69 Å². The molecule has 1 aromatic carbocycles. The SMILES string of the molecule is O=[C]CNc1cccc(Br)c1. The summed E-state index contributed by atoms with van der Waals surface area (Å²) in [6.45, 7) is 0.233. The molecule has 1 N–H and O–H groups in total. The monoisotopic (exact) mass is 212 g/mol. The van der Waals surface area contributed by atoms with E-state index in [1.54, 1.807) is 6.29 Å². The van der Waals surface area contributed by atoms with E-state index in [4.69, 9.17) is 0 Å². The third kappa shape index (κ3) is 2.72. The molecular formula is C8H7BrNO. The maximum Gasteiger partial charge on any atom is 0.219 e. The first kappa shape index (κ1) is 8.27. The largest absolute Gasteiger partial charge is 0.377 e. The normalized spacial score (nSPS) is 9.18. The van der Waals surface area contributed by atoms with Crippen LogP contribution in [0.15, 0.2) is 28.7 Å². The molecule has 3 heteroatoms. The van der Waals surface area contributed by atoms with E-state index in [1.807, 2.05) is 24.3 Å². The van der Waals surface area contributed by atoms with Crippen LogP contribution in [-0.2, 0) is 4.79 Å². The highest BCUT2D eigenvalue weighted by Gasteiger charge is 1.90. The van der Waals surface area contributed by atoms with Gasteiger partial charge in [0, 0.05) is 10.2 Å². The molecule has 0 unspecified atom stereocenters. The van der Waals surface area contributed by atoms with Crippen molar-refractivity contribution in [2.75, 3.05) is 11.9 Å². The van der Waals surface area contributed by atoms with Gasteiger partial charge in [-0.05, 0) is 18.2 Å². The lowest BCUT2D eigenvalue weighted by Crippen LogP contribution is -2.01. The maximum absolute atomic E-state index is 9.86. The lowest BCUT2D eigenvalue weighted by atomic mass is 10.3. The molecule has 1 rings (SSSR count). The van der Waals surface area contributed by atoms with E-state index >= 15 is 0 Å². The highest BCUT2D eigenvalue weighted by molar-refractivity contribution is 9.10. The van der Waals surface area contributed by atoms with Crippen LogP contribution in [0.2, 0.25) is 0 Å². The lowest BCUT2D eigenvalue weighted by Gasteiger charge is -2.00. The maximum atomic E-state index is 9.86. The third-order valence-corrected chi connectivity index (χ3v) is 1.68. The molecule has 2 nitrogen and oxygen atoms in total. The predicted octanol–water partition coefficient (Wildman–Crippen LogP) is 1.97. The number of benzene rings is 1. The first-order valence-corrected chi connectivity index (χ1v) is 3.96. The summed E-state index contributed by atoms with van der Waals surface area (Å²) in [6, 6.07) is 7.62. The molecule has 0 aliphatic carbocycles. The summed E-state index contributed by atoms with van der Waals surface area (Å²) in [7, 11) is 0. The minimum atomic E-state index is 0.233. The number of carbonyl (C=O) groups excluding carboxylic acids is 1. The van der Waals surface area contributed by atoms with E-state index in [2.05, 4.69) is 21.2 Å². The average Bonchev–Trinajstić information content (AvgIpc) is 2.01. The Bertz CT molecular complexity index is 250. The summed E-state index contributed by atoms with van der Waals surface area (Å²) < 4.78 is 0.994. The van der Waals surface area contributed by atoms with Crippen LogP contribution in [-0.4, -0.2) is 12.8 Å². The second kappa shape index (κ2) is 4.13. The molecule has 0 aromatic heterocycles. The number of anilines is 1. The molecule has 0 atom stereocenters. The van der Waals surface area contributed by atoms with Gasteiger partial charge in [-0.1, -0.05) is 22.0 Å². The second-order valence-electron chi connectivity index (χ2n) is 2.01. The zero-order valence-corrected chi connectivity index (χ0v) is 7.39. The summed E-state index contributed by atoms with van der Waals surface area (Å²) in [4.78, 5) is 9.86. The van der Waals surface area contributed by atoms with Crippen molar-refractivity contribution in [3.63, 3.8) is 0 Å². The van der Waals surface area contributed by atoms with Gasteiger partial charge in [0.1, 0.15) is 0 Å². The molecule has 0 fully saturated rings. The van der Waals surface area contributed by atoms with Crippen LogP contribution in [0, 0.1) is 0 Å². The Hall–Kier alpha value is -0.830. The summed E-state index contributed by atoms with van der Waals surface area (Å²) in [5.41, 5.74) is 0.919. The van der Waals surface area contributed by atoms with Gasteiger partial charge in [0.05, 0.1) is 6.54 Å². The summed E-state index contributed by atoms with van der Waals surface area (Å²) in [6.07, 6.45) is 1.76. The van der Waals surface area contributed by atoms with Gasteiger partial charge in [-0.25, -0.2) is 0 Å². The van der Waals surface area contributed by atoms with Gasteiger partial charge in [-0.3, -0.25) is 4.79 Å². The molecule has 57 valence electrons. The fourth-order valence-corrected chi connectivity index (χ4v) is 1.14. The Balaban J connectivity index is 2.63. The zero-order chi connectivity index (χ0) is 8.10. The van der Waals surface area contributed by atoms with Gasteiger partial charge in [0.15, 0.2) is 0 Å². The topological polar surface area (TPSA) is 29.1 Å². The molecule has 11 heavy (non-hydrogen) atoms. The van der Waals surface area contributed by atoms with E-state index in [0.29, 0.717) is 0 Å². The standard InChI is InChI=1S/C8H7BrNO/c9-7-2-1-3-8(6-7)10-4-5-11/h1-3,6,10H,4H2. The van der Waals surface area contributed by atoms with Gasteiger partial charge in [0.25, 0.3) is 0 Å². The summed E-state index contributed by atoms with van der Waals surface area (Å²) in [5, 5.41) is 2.88. The third-order valence-electron chi connectivity index (χ3n) is 1.19. The van der Waals surface area contributed by atoms with E-state index in [9.17, 15) is 4.79 Å². The highest BCUT2D eigenvalue weighted by atomic mass is 79.9. The Labute approximate surface area is 73.7 Å². The average molecular weight is 213 g/mol. The highest BCUT2D eigenvalue weighted by Crippen LogP contribution is 2.14. The Morgan fingerprint density at radius 2 is 2.36 bits per heavy atom. The van der Waals surface area contributed by atoms with Gasteiger partial charge in [0.2, 0.25) is 6.29 Å². The minimum Gasteiger partial charge on any atom is -0.377 e. The molecule has 0 saturated carbocycles. The Morgan fingerprint density at radius 1 is 1.55 bits per heavy atom. The van der Waals surface area contributed by atoms with Crippen LogP contribution >= 0.6 is 15.9 Å². The number of hydrogen-bond acceptors (Lipinski definition) is 2. The number of rotatable bonds is 3. The van der Waals surface area contributed by atoms with Crippen LogP contribution in [0.1, 0.15) is 0 Å². The number of nitrogens with one attached hydrogen (secondary N) is 1. The molecule has 1 aromatic rings. The first-order chi connectivity index (χ1) is 5.33. The van der Waals surface area contributed by atoms with Crippen molar-refractivity contribution < 1.29 is 4.79 Å². The molecular weight excluding hydrogens is 206 g/mol. The minimum absolute atomic E-state index is 0.233. The molecule has 0 aliphatic rings. The van der Waals surface area contributed by atoms with E-state index in [-0.39, 0.29) is 6.54 Å². The lowest BCUT2D eigenvalue weighted by molar-refractivity contribution is 0.557. The molecule has 1 radical (unpaired) electrons. The summed E-state index contributed by atoms with van der Waals surface area (Å²) in [5.74, 6) is 0. The van der Waals surface area contributed by atoms with Crippen molar-refractivity contribution in [2.45, 2.75) is 0 Å². The number of hydrogen-bond donors (Lipinski definition) is 1. The molecule has 0 spiro atoms. The second-order valence-corrected chi connectivity index (χ2v) is 2.92. The van der Waals surface area contributed by atoms with Gasteiger partial charge in [-0.15, -0.1) is 0 Å². The Morgan fingerprint density at radius 3 is 3.00 bits per heavy atom. The molecule has 0 bridgehead atoms. The number of halogens is 1. The molecule has 0 aliphatic heterocycles. The van der Waals surface area contributed by atoms with Crippen molar-refractivity contribution in [3.8, 4) is 0 Å². The zero-order valence-electron chi connectivity index (χ0n) is 5.80. The van der Waals surface area contributed by atoms with Gasteiger partial charge in [-0.2, -0.15) is 0 Å². The van der Waals surface area contributed by atoms with Gasteiger partial charge >= 0.3 is 0 Å². The molecule has 0 saturated heterocycles. The summed E-state index contributed by atoms with van der Waals surface area (Å²) >= 11 is 3.32. The van der Waals surface area contributed by atoms with Gasteiger partial charge < -0.3 is 5.32 Å². The van der Waals surface area contributed by atoms with Crippen molar-refractivity contribution in [2.24, 2.45) is 0 Å². The van der Waals surface area contributed by atoms with Crippen molar-refractivity contribution in [3.05, 3.63) is 28.7 Å². The smallest absolute Gasteiger partial charge is 0.219 e. The Kier molecular flexibility index (Phi) is 3.11. The van der Waals surface area contributed by atoms with Crippen LogP contribution in [0.25, 0.3) is 0 Å². The van der Waals surface area contributed by atoms with Crippen LogP contribution in [0.3, 0.4) is 0 Å². The van der Waals surface area contributed by atoms with Crippen molar-refractivity contribution >= 4 is 27.9 Å². The predicted molar refractivity (Wildman–Crippen MR) is 48.3 cm³/mol. The van der Waals surface area contributed by atoms with Crippen molar-refractivity contribution in [1.82, 2.24) is 0 Å². The van der Waals surface area contributed by atoms with E-state index in [1.165, 1.54) is 0 Å². The van der Waals surface area contributed by atoms with Crippen molar-refractivity contribution in [1.29, 1.82) is 0 Å². The van der Waals surface area contributed by atoms with Crippen LogP contribution in [0.5, 0.6) is 0 Å². The fourth-order valence-electron chi connectivity index (χ4n) is 0.737. The molecule has 0 heterocycles. The van der Waals surface area contributed by atoms with E-state index in [0.717, 1.165) is 10.2 Å². The first-order valence-electron chi connectivity index (χ1n) is 3.17. The quantitative estimate of drug-likeness (QED) is 0.831. The van der Waals surface area contributed by atoms with Crippen LogP contribution < -0.4 is 5.32 Å². The fraction of sp³-hybridized carbons (Fsp3) is 0.125. The molecule has 0 amide bonds.